The molecule has 40 heavy (non-hydrogen) atoms. The molecule has 0 saturated heterocycles. The maximum Gasteiger partial charge on any atom is 0.416 e. The molecule has 1 N–H and O–H groups in total. The summed E-state index contributed by atoms with van der Waals surface area (Å²) < 4.78 is 63.2. The van der Waals surface area contributed by atoms with E-state index in [0.717, 1.165) is 28.8 Å². The molecule has 0 fully saturated rings. The van der Waals surface area contributed by atoms with E-state index in [1.54, 1.807) is 37.4 Å². The zero-order valence-electron chi connectivity index (χ0n) is 21.7. The Kier molecular flexibility index (Phi) is 9.12. The van der Waals surface area contributed by atoms with Crippen LogP contribution in [-0.4, -0.2) is 26.7 Å². The van der Waals surface area contributed by atoms with Gasteiger partial charge in [0.15, 0.2) is 0 Å². The highest BCUT2D eigenvalue weighted by Crippen LogP contribution is 2.33. The van der Waals surface area contributed by atoms with Gasteiger partial charge in [-0.05, 0) is 70.6 Å². The van der Waals surface area contributed by atoms with E-state index in [2.05, 4.69) is 5.32 Å². The van der Waals surface area contributed by atoms with Gasteiger partial charge in [0.05, 0.1) is 29.4 Å². The highest BCUT2D eigenvalue weighted by Gasteiger charge is 2.30. The highest BCUT2D eigenvalue weighted by atomic mass is 35.5. The summed E-state index contributed by atoms with van der Waals surface area (Å²) in [7, 11) is 3.02. The molecule has 0 aliphatic heterocycles. The van der Waals surface area contributed by atoms with Crippen molar-refractivity contribution in [3.05, 3.63) is 112 Å². The molecule has 0 bridgehead atoms. The number of carbonyl (C=O) groups excluding carboxylic acids is 1. The second kappa shape index (κ2) is 12.5. The van der Waals surface area contributed by atoms with Gasteiger partial charge in [-0.15, -0.1) is 0 Å². The highest BCUT2D eigenvalue weighted by molar-refractivity contribution is 6.31. The van der Waals surface area contributed by atoms with Gasteiger partial charge in [-0.1, -0.05) is 60.1 Å². The number of amides is 1. The van der Waals surface area contributed by atoms with Crippen LogP contribution < -0.4 is 10.1 Å². The number of methoxy groups -OCH3 is 2. The summed E-state index contributed by atoms with van der Waals surface area (Å²) in [5, 5.41) is 2.92. The van der Waals surface area contributed by atoms with Crippen LogP contribution in [0.4, 0.5) is 17.6 Å². The first-order valence-electron chi connectivity index (χ1n) is 12.3. The van der Waals surface area contributed by atoms with Crippen molar-refractivity contribution in [2.45, 2.75) is 18.7 Å². The molecule has 9 heteroatoms. The topological polar surface area (TPSA) is 47.6 Å². The molecule has 1 amide bonds. The van der Waals surface area contributed by atoms with Crippen molar-refractivity contribution in [2.75, 3.05) is 20.8 Å². The fourth-order valence-corrected chi connectivity index (χ4v) is 4.50. The molecule has 0 saturated carbocycles. The first-order chi connectivity index (χ1) is 19.1. The van der Waals surface area contributed by atoms with E-state index in [0.29, 0.717) is 29.8 Å². The molecular formula is C31H26ClF4NO3. The lowest BCUT2D eigenvalue weighted by atomic mass is 10.00. The summed E-state index contributed by atoms with van der Waals surface area (Å²) in [4.78, 5) is 13.0. The van der Waals surface area contributed by atoms with Gasteiger partial charge in [0, 0.05) is 13.7 Å². The van der Waals surface area contributed by atoms with Crippen LogP contribution >= 0.6 is 11.6 Å². The zero-order chi connectivity index (χ0) is 28.9. The summed E-state index contributed by atoms with van der Waals surface area (Å²) in [6.07, 6.45) is -4.25. The number of rotatable bonds is 9. The molecule has 1 unspecified atom stereocenters. The third-order valence-corrected chi connectivity index (χ3v) is 6.79. The predicted octanol–water partition coefficient (Wildman–Crippen LogP) is 8.35. The fourth-order valence-electron chi connectivity index (χ4n) is 4.32. The van der Waals surface area contributed by atoms with E-state index in [-0.39, 0.29) is 22.6 Å². The Morgan fingerprint density at radius 2 is 1.43 bits per heavy atom. The minimum absolute atomic E-state index is 0.0496. The molecule has 0 aliphatic carbocycles. The molecule has 4 rings (SSSR count). The van der Waals surface area contributed by atoms with E-state index in [4.69, 9.17) is 21.1 Å². The van der Waals surface area contributed by atoms with Crippen LogP contribution in [0.2, 0.25) is 5.02 Å². The van der Waals surface area contributed by atoms with E-state index >= 15 is 0 Å². The molecule has 0 aliphatic rings. The molecule has 0 spiro atoms. The Labute approximate surface area is 234 Å². The minimum Gasteiger partial charge on any atom is -0.496 e. The average Bonchev–Trinajstić information content (AvgIpc) is 2.96. The van der Waals surface area contributed by atoms with Crippen molar-refractivity contribution >= 4 is 17.5 Å². The molecule has 1 atom stereocenters. The van der Waals surface area contributed by atoms with Crippen LogP contribution in [0.25, 0.3) is 22.3 Å². The van der Waals surface area contributed by atoms with Crippen LogP contribution in [0.1, 0.15) is 34.0 Å². The lowest BCUT2D eigenvalue weighted by Gasteiger charge is -2.17. The number of nitrogens with one attached hydrogen (secondary N) is 1. The first-order valence-corrected chi connectivity index (χ1v) is 12.7. The van der Waals surface area contributed by atoms with E-state index in [9.17, 15) is 22.4 Å². The molecular weight excluding hydrogens is 546 g/mol. The second-order valence-electron chi connectivity index (χ2n) is 9.01. The van der Waals surface area contributed by atoms with Crippen LogP contribution in [0, 0.1) is 5.82 Å². The average molecular weight is 572 g/mol. The van der Waals surface area contributed by atoms with Crippen LogP contribution in [-0.2, 0) is 10.9 Å². The molecule has 0 heterocycles. The van der Waals surface area contributed by atoms with Gasteiger partial charge >= 0.3 is 6.18 Å². The normalized spacial score (nSPS) is 12.2. The van der Waals surface area contributed by atoms with Crippen molar-refractivity contribution in [1.82, 2.24) is 5.32 Å². The number of hydrogen-bond donors (Lipinski definition) is 1. The SMILES string of the molecule is COc1ccc(-c2ccc(C(F)(F)F)cc2)cc1C(=O)NCCC(OC)c1ccc(-c2ccc(F)c(Cl)c2)cc1. The maximum atomic E-state index is 13.5. The van der Waals surface area contributed by atoms with Crippen molar-refractivity contribution in [3.63, 3.8) is 0 Å². The smallest absolute Gasteiger partial charge is 0.416 e. The summed E-state index contributed by atoms with van der Waals surface area (Å²) in [5.41, 5.74) is 3.18. The molecule has 4 nitrogen and oxygen atoms in total. The Morgan fingerprint density at radius 1 is 0.850 bits per heavy atom. The van der Waals surface area contributed by atoms with E-state index in [1.165, 1.54) is 25.3 Å². The number of ether oxygens (including phenoxy) is 2. The van der Waals surface area contributed by atoms with Gasteiger partial charge in [-0.3, -0.25) is 4.79 Å². The summed E-state index contributed by atoms with van der Waals surface area (Å²) in [5.74, 6) is -0.524. The molecule has 0 radical (unpaired) electrons. The largest absolute Gasteiger partial charge is 0.496 e. The van der Waals surface area contributed by atoms with Crippen LogP contribution in [0.5, 0.6) is 5.75 Å². The van der Waals surface area contributed by atoms with Crippen molar-refractivity contribution in [1.29, 1.82) is 0 Å². The van der Waals surface area contributed by atoms with Crippen LogP contribution in [0.15, 0.2) is 84.9 Å². The van der Waals surface area contributed by atoms with Gasteiger partial charge in [-0.25, -0.2) is 4.39 Å². The summed E-state index contributed by atoms with van der Waals surface area (Å²) >= 11 is 5.90. The Balaban J connectivity index is 1.42. The lowest BCUT2D eigenvalue weighted by Crippen LogP contribution is -2.26. The van der Waals surface area contributed by atoms with E-state index < -0.39 is 17.6 Å². The van der Waals surface area contributed by atoms with E-state index in [1.807, 2.05) is 24.3 Å². The Hall–Kier alpha value is -3.88. The van der Waals surface area contributed by atoms with Gasteiger partial charge in [0.1, 0.15) is 11.6 Å². The van der Waals surface area contributed by atoms with Crippen molar-refractivity contribution < 1.29 is 31.8 Å². The summed E-state index contributed by atoms with van der Waals surface area (Å²) in [6.45, 7) is 0.292. The molecule has 0 aromatic heterocycles. The zero-order valence-corrected chi connectivity index (χ0v) is 22.4. The predicted molar refractivity (Wildman–Crippen MR) is 147 cm³/mol. The number of carbonyl (C=O) groups is 1. The number of benzene rings is 4. The Morgan fingerprint density at radius 3 is 2.00 bits per heavy atom. The Bertz CT molecular complexity index is 1470. The standard InChI is InChI=1S/C31H26ClF4NO3/c1-39-28(21-5-3-19(4-6-21)23-9-13-27(33)26(32)18-23)15-16-37-30(38)25-17-22(10-14-29(25)40-2)20-7-11-24(12-8-20)31(34,35)36/h3-14,17-18,28H,15-16H2,1-2H3,(H,37,38). The van der Waals surface area contributed by atoms with Gasteiger partial charge in [-0.2, -0.15) is 13.2 Å². The monoisotopic (exact) mass is 571 g/mol. The van der Waals surface area contributed by atoms with Gasteiger partial charge in [0.25, 0.3) is 5.91 Å². The first kappa shape index (κ1) is 29.1. The minimum atomic E-state index is -4.43. The van der Waals surface area contributed by atoms with Crippen molar-refractivity contribution in [2.24, 2.45) is 0 Å². The van der Waals surface area contributed by atoms with Crippen molar-refractivity contribution in [3.8, 4) is 28.0 Å². The molecule has 4 aromatic carbocycles. The third-order valence-electron chi connectivity index (χ3n) is 6.50. The molecule has 208 valence electrons. The number of halogens is 5. The lowest BCUT2D eigenvalue weighted by molar-refractivity contribution is -0.137. The quantitative estimate of drug-likeness (QED) is 0.205. The molecule has 4 aromatic rings. The van der Waals surface area contributed by atoms with Gasteiger partial charge < -0.3 is 14.8 Å². The number of hydrogen-bond acceptors (Lipinski definition) is 3. The van der Waals surface area contributed by atoms with Gasteiger partial charge in [0.2, 0.25) is 0 Å². The number of alkyl halides is 3. The maximum absolute atomic E-state index is 13.5. The third kappa shape index (κ3) is 6.81. The fraction of sp³-hybridized carbons (Fsp3) is 0.194. The van der Waals surface area contributed by atoms with Crippen LogP contribution in [0.3, 0.4) is 0 Å². The summed E-state index contributed by atoms with van der Waals surface area (Å²) in [6, 6.07) is 21.7. The second-order valence-corrected chi connectivity index (χ2v) is 9.42.